The third-order valence-corrected chi connectivity index (χ3v) is 4.92. The number of anilines is 2. The molecular weight excluding hydrogens is 435 g/mol. The molecule has 0 saturated carbocycles. The predicted molar refractivity (Wildman–Crippen MR) is 121 cm³/mol. The minimum Gasteiger partial charge on any atom is -0.368 e. The largest absolute Gasteiger partial charge is 0.368 e. The number of rotatable bonds is 7. The van der Waals surface area contributed by atoms with Gasteiger partial charge >= 0.3 is 0 Å². The SMILES string of the molecule is N#Cc1ccc(NCCNc2ncc(-c3cnc[nH]3)c(-c3ccc(Cl)cc3Cl)n2)nc1. The van der Waals surface area contributed by atoms with E-state index >= 15 is 0 Å². The van der Waals surface area contributed by atoms with Crippen molar-refractivity contribution >= 4 is 35.0 Å². The van der Waals surface area contributed by atoms with E-state index in [-0.39, 0.29) is 0 Å². The van der Waals surface area contributed by atoms with Gasteiger partial charge in [-0.2, -0.15) is 5.26 Å². The number of imidazole rings is 1. The number of aromatic amines is 1. The summed E-state index contributed by atoms with van der Waals surface area (Å²) in [6.45, 7) is 1.14. The standard InChI is InChI=1S/C21H16Cl2N8/c22-14-2-3-15(17(23)7-14)20-16(18-11-25-12-30-18)10-29-21(31-20)27-6-5-26-19-4-1-13(8-24)9-28-19/h1-4,7,9-12H,5-6H2,(H,25,30)(H,26,28)(H,27,29,31). The zero-order chi connectivity index (χ0) is 21.6. The van der Waals surface area contributed by atoms with Crippen molar-refractivity contribution in [2.45, 2.75) is 0 Å². The van der Waals surface area contributed by atoms with E-state index in [1.54, 1.807) is 43.0 Å². The molecule has 0 unspecified atom stereocenters. The Kier molecular flexibility index (Phi) is 6.26. The van der Waals surface area contributed by atoms with Gasteiger partial charge < -0.3 is 15.6 Å². The Bertz CT molecular complexity index is 1220. The maximum absolute atomic E-state index is 8.83. The first kappa shape index (κ1) is 20.6. The molecule has 0 fully saturated rings. The van der Waals surface area contributed by atoms with Crippen molar-refractivity contribution in [3.05, 3.63) is 70.9 Å². The monoisotopic (exact) mass is 450 g/mol. The molecule has 31 heavy (non-hydrogen) atoms. The molecule has 0 bridgehead atoms. The Labute approximate surface area is 188 Å². The summed E-state index contributed by atoms with van der Waals surface area (Å²) in [5.74, 6) is 1.14. The van der Waals surface area contributed by atoms with Crippen molar-refractivity contribution in [1.29, 1.82) is 5.26 Å². The van der Waals surface area contributed by atoms with Crippen molar-refractivity contribution in [2.24, 2.45) is 0 Å². The van der Waals surface area contributed by atoms with E-state index in [1.165, 1.54) is 6.20 Å². The molecule has 0 amide bonds. The smallest absolute Gasteiger partial charge is 0.223 e. The molecule has 8 nitrogen and oxygen atoms in total. The Morgan fingerprint density at radius 1 is 0.968 bits per heavy atom. The molecule has 3 aromatic heterocycles. The lowest BCUT2D eigenvalue weighted by molar-refractivity contribution is 1.02. The minimum atomic E-state index is 0.457. The Morgan fingerprint density at radius 2 is 1.84 bits per heavy atom. The summed E-state index contributed by atoms with van der Waals surface area (Å²) in [7, 11) is 0. The van der Waals surface area contributed by atoms with Crippen LogP contribution in [0.15, 0.2) is 55.2 Å². The lowest BCUT2D eigenvalue weighted by Crippen LogP contribution is -2.16. The second-order valence-corrected chi connectivity index (χ2v) is 7.29. The van der Waals surface area contributed by atoms with Crippen LogP contribution in [0.1, 0.15) is 5.56 Å². The van der Waals surface area contributed by atoms with E-state index in [9.17, 15) is 0 Å². The maximum atomic E-state index is 8.83. The van der Waals surface area contributed by atoms with Gasteiger partial charge in [-0.3, -0.25) is 0 Å². The summed E-state index contributed by atoms with van der Waals surface area (Å²) >= 11 is 12.5. The molecule has 0 atom stereocenters. The Hall–Kier alpha value is -3.67. The van der Waals surface area contributed by atoms with Crippen LogP contribution in [0.25, 0.3) is 22.5 Å². The number of nitriles is 1. The van der Waals surface area contributed by atoms with Crippen molar-refractivity contribution < 1.29 is 0 Å². The van der Waals surface area contributed by atoms with Gasteiger partial charge in [0.05, 0.1) is 34.5 Å². The molecule has 4 aromatic rings. The van der Waals surface area contributed by atoms with Gasteiger partial charge in [0.2, 0.25) is 5.95 Å². The normalized spacial score (nSPS) is 10.5. The minimum absolute atomic E-state index is 0.457. The van der Waals surface area contributed by atoms with Crippen molar-refractivity contribution in [2.75, 3.05) is 23.7 Å². The van der Waals surface area contributed by atoms with E-state index in [0.717, 1.165) is 16.8 Å². The average Bonchev–Trinajstić information content (AvgIpc) is 3.32. The van der Waals surface area contributed by atoms with Gasteiger partial charge in [0.15, 0.2) is 0 Å². The van der Waals surface area contributed by atoms with Gasteiger partial charge in [-0.25, -0.2) is 19.9 Å². The van der Waals surface area contributed by atoms with Gasteiger partial charge in [-0.15, -0.1) is 0 Å². The molecule has 0 spiro atoms. The number of nitrogens with zero attached hydrogens (tertiary/aromatic N) is 5. The highest BCUT2D eigenvalue weighted by molar-refractivity contribution is 6.36. The lowest BCUT2D eigenvalue weighted by Gasteiger charge is -2.12. The highest BCUT2D eigenvalue weighted by Crippen LogP contribution is 2.35. The summed E-state index contributed by atoms with van der Waals surface area (Å²) in [5, 5.41) is 16.2. The first-order chi connectivity index (χ1) is 15.1. The molecule has 3 heterocycles. The Morgan fingerprint density at radius 3 is 2.55 bits per heavy atom. The first-order valence-electron chi connectivity index (χ1n) is 9.29. The topological polar surface area (TPSA) is 115 Å². The third kappa shape index (κ3) is 4.91. The van der Waals surface area contributed by atoms with Crippen LogP contribution in [0.5, 0.6) is 0 Å². The highest BCUT2D eigenvalue weighted by atomic mass is 35.5. The van der Waals surface area contributed by atoms with E-state index in [4.69, 9.17) is 28.5 Å². The molecule has 0 aliphatic heterocycles. The van der Waals surface area contributed by atoms with Gasteiger partial charge in [0.25, 0.3) is 0 Å². The molecule has 1 aromatic carbocycles. The zero-order valence-electron chi connectivity index (χ0n) is 16.1. The van der Waals surface area contributed by atoms with Crippen LogP contribution in [-0.2, 0) is 0 Å². The number of hydrogen-bond donors (Lipinski definition) is 3. The second kappa shape index (κ2) is 9.43. The number of hydrogen-bond acceptors (Lipinski definition) is 7. The predicted octanol–water partition coefficient (Wildman–Crippen LogP) is 4.63. The van der Waals surface area contributed by atoms with Crippen LogP contribution in [0.4, 0.5) is 11.8 Å². The number of H-pyrrole nitrogens is 1. The van der Waals surface area contributed by atoms with E-state index < -0.39 is 0 Å². The van der Waals surface area contributed by atoms with Crippen LogP contribution in [0.2, 0.25) is 10.0 Å². The van der Waals surface area contributed by atoms with E-state index in [0.29, 0.717) is 46.2 Å². The first-order valence-corrected chi connectivity index (χ1v) is 10.0. The zero-order valence-corrected chi connectivity index (χ0v) is 17.6. The van der Waals surface area contributed by atoms with Gasteiger partial charge in [-0.1, -0.05) is 23.2 Å². The fourth-order valence-corrected chi connectivity index (χ4v) is 3.38. The number of halogens is 2. The van der Waals surface area contributed by atoms with Crippen LogP contribution in [0, 0.1) is 11.3 Å². The van der Waals surface area contributed by atoms with E-state index in [1.807, 2.05) is 12.1 Å². The van der Waals surface area contributed by atoms with Gasteiger partial charge in [0.1, 0.15) is 11.9 Å². The molecule has 0 aliphatic rings. The molecule has 0 saturated heterocycles. The average molecular weight is 451 g/mol. The summed E-state index contributed by atoms with van der Waals surface area (Å²) < 4.78 is 0. The number of pyridine rings is 1. The fourth-order valence-electron chi connectivity index (χ4n) is 2.88. The van der Waals surface area contributed by atoms with Crippen molar-refractivity contribution in [1.82, 2.24) is 24.9 Å². The molecule has 3 N–H and O–H groups in total. The summed E-state index contributed by atoms with van der Waals surface area (Å²) in [4.78, 5) is 20.4. The molecular formula is C21H16Cl2N8. The molecule has 0 aliphatic carbocycles. The summed E-state index contributed by atoms with van der Waals surface area (Å²) in [6.07, 6.45) is 6.54. The quantitative estimate of drug-likeness (QED) is 0.351. The van der Waals surface area contributed by atoms with Gasteiger partial charge in [-0.05, 0) is 30.3 Å². The van der Waals surface area contributed by atoms with Crippen LogP contribution < -0.4 is 10.6 Å². The molecule has 154 valence electrons. The van der Waals surface area contributed by atoms with Crippen molar-refractivity contribution in [3.63, 3.8) is 0 Å². The maximum Gasteiger partial charge on any atom is 0.223 e. The third-order valence-electron chi connectivity index (χ3n) is 4.37. The second-order valence-electron chi connectivity index (χ2n) is 6.44. The summed E-state index contributed by atoms with van der Waals surface area (Å²) in [5.41, 5.74) is 3.46. The van der Waals surface area contributed by atoms with Crippen LogP contribution in [-0.4, -0.2) is 38.0 Å². The molecule has 4 rings (SSSR count). The van der Waals surface area contributed by atoms with E-state index in [2.05, 4.69) is 35.6 Å². The lowest BCUT2D eigenvalue weighted by atomic mass is 10.1. The summed E-state index contributed by atoms with van der Waals surface area (Å²) in [6, 6.07) is 10.8. The van der Waals surface area contributed by atoms with Crippen LogP contribution in [0.3, 0.4) is 0 Å². The number of nitrogens with one attached hydrogen (secondary N) is 3. The highest BCUT2D eigenvalue weighted by Gasteiger charge is 2.15. The van der Waals surface area contributed by atoms with Gasteiger partial charge in [0, 0.05) is 41.6 Å². The Balaban J connectivity index is 1.51. The fraction of sp³-hybridized carbons (Fsp3) is 0.0952. The molecule has 10 heteroatoms. The number of benzene rings is 1. The van der Waals surface area contributed by atoms with Crippen LogP contribution >= 0.6 is 23.2 Å². The molecule has 0 radical (unpaired) electrons. The van der Waals surface area contributed by atoms with Crippen molar-refractivity contribution in [3.8, 4) is 28.6 Å². The number of aromatic nitrogens is 5.